The van der Waals surface area contributed by atoms with Crippen molar-refractivity contribution in [3.63, 3.8) is 0 Å². The van der Waals surface area contributed by atoms with E-state index in [0.717, 1.165) is 10.6 Å². The number of amides is 2. The predicted octanol–water partition coefficient (Wildman–Crippen LogP) is 2.09. The number of hydrogen-bond donors (Lipinski definition) is 0. The number of rotatable bonds is 5. The second kappa shape index (κ2) is 7.78. The highest BCUT2D eigenvalue weighted by atomic mass is 35.5. The predicted molar refractivity (Wildman–Crippen MR) is 111 cm³/mol. The van der Waals surface area contributed by atoms with Crippen molar-refractivity contribution >= 4 is 39.1 Å². The van der Waals surface area contributed by atoms with Crippen LogP contribution in [-0.2, 0) is 10.0 Å². The van der Waals surface area contributed by atoms with Gasteiger partial charge in [-0.15, -0.1) is 0 Å². The van der Waals surface area contributed by atoms with E-state index in [1.807, 2.05) is 24.3 Å². The van der Waals surface area contributed by atoms with Crippen LogP contribution < -0.4 is 4.90 Å². The third kappa shape index (κ3) is 3.75. The Balaban J connectivity index is 1.38. The summed E-state index contributed by atoms with van der Waals surface area (Å²) >= 11 is 6.23. The number of hydrogen-bond acceptors (Lipinski definition) is 5. The van der Waals surface area contributed by atoms with Crippen molar-refractivity contribution in [1.82, 2.24) is 9.21 Å². The van der Waals surface area contributed by atoms with E-state index in [1.54, 1.807) is 24.3 Å². The van der Waals surface area contributed by atoms with Crippen molar-refractivity contribution in [3.8, 4) is 0 Å². The molecule has 0 saturated carbocycles. The summed E-state index contributed by atoms with van der Waals surface area (Å²) < 4.78 is 27.0. The second-order valence-corrected chi connectivity index (χ2v) is 9.46. The number of para-hydroxylation sites is 1. The fraction of sp³-hybridized carbons (Fsp3) is 0.300. The number of piperazine rings is 1. The molecule has 2 aromatic rings. The Kier molecular flexibility index (Phi) is 5.33. The maximum atomic E-state index is 12.8. The Morgan fingerprint density at radius 3 is 1.97 bits per heavy atom. The van der Waals surface area contributed by atoms with E-state index < -0.39 is 21.8 Å². The lowest BCUT2D eigenvalue weighted by atomic mass is 10.1. The fourth-order valence-corrected chi connectivity index (χ4v) is 5.34. The van der Waals surface area contributed by atoms with Crippen LogP contribution in [0, 0.1) is 0 Å². The average molecular weight is 434 g/mol. The zero-order valence-corrected chi connectivity index (χ0v) is 17.2. The van der Waals surface area contributed by atoms with Crippen molar-refractivity contribution in [1.29, 1.82) is 0 Å². The van der Waals surface area contributed by atoms with E-state index in [-0.39, 0.29) is 12.3 Å². The van der Waals surface area contributed by atoms with Crippen LogP contribution in [0.25, 0.3) is 0 Å². The number of fused-ring (bicyclic) bond motifs is 1. The van der Waals surface area contributed by atoms with Crippen LogP contribution in [0.5, 0.6) is 0 Å². The monoisotopic (exact) mass is 433 g/mol. The van der Waals surface area contributed by atoms with Gasteiger partial charge in [-0.25, -0.2) is 8.42 Å². The second-order valence-electron chi connectivity index (χ2n) is 6.96. The Morgan fingerprint density at radius 1 is 0.828 bits per heavy atom. The number of anilines is 1. The lowest BCUT2D eigenvalue weighted by Gasteiger charge is -2.36. The van der Waals surface area contributed by atoms with Gasteiger partial charge in [0.15, 0.2) is 0 Å². The molecule has 1 fully saturated rings. The molecule has 152 valence electrons. The first kappa shape index (κ1) is 19.9. The van der Waals surface area contributed by atoms with Gasteiger partial charge in [0.25, 0.3) is 11.8 Å². The summed E-state index contributed by atoms with van der Waals surface area (Å²) in [5.74, 6) is -1.17. The van der Waals surface area contributed by atoms with E-state index in [0.29, 0.717) is 42.3 Å². The number of sulfonamides is 1. The van der Waals surface area contributed by atoms with Crippen molar-refractivity contribution < 1.29 is 18.0 Å². The van der Waals surface area contributed by atoms with E-state index in [9.17, 15) is 18.0 Å². The van der Waals surface area contributed by atoms with E-state index >= 15 is 0 Å². The Bertz CT molecular complexity index is 1030. The number of carbonyl (C=O) groups excluding carboxylic acids is 2. The first-order valence-electron chi connectivity index (χ1n) is 9.31. The molecule has 0 bridgehead atoms. The molecule has 0 atom stereocenters. The third-order valence-electron chi connectivity index (χ3n) is 5.28. The van der Waals surface area contributed by atoms with Crippen LogP contribution in [0.2, 0.25) is 5.02 Å². The molecule has 29 heavy (non-hydrogen) atoms. The van der Waals surface area contributed by atoms with Crippen molar-refractivity contribution in [2.24, 2.45) is 0 Å². The molecule has 0 aliphatic carbocycles. The number of benzene rings is 2. The molecular weight excluding hydrogens is 414 g/mol. The normalized spacial score (nSPS) is 17.7. The number of imide groups is 1. The van der Waals surface area contributed by atoms with Gasteiger partial charge in [0, 0.05) is 32.7 Å². The summed E-state index contributed by atoms with van der Waals surface area (Å²) in [6, 6.07) is 14.0. The molecule has 0 aromatic heterocycles. The van der Waals surface area contributed by atoms with Gasteiger partial charge in [0.05, 0.1) is 27.6 Å². The molecule has 2 heterocycles. The molecule has 7 nitrogen and oxygen atoms in total. The first-order chi connectivity index (χ1) is 13.9. The standard InChI is InChI=1S/C20H20ClN3O4S/c21-17-7-3-4-8-18(17)22-9-11-23(12-10-22)29(27,28)14-13-24-19(25)15-5-1-2-6-16(15)20(24)26/h1-8H,9-14H2. The Labute approximate surface area is 174 Å². The van der Waals surface area contributed by atoms with Crippen LogP contribution in [0.1, 0.15) is 20.7 Å². The highest BCUT2D eigenvalue weighted by Gasteiger charge is 2.36. The van der Waals surface area contributed by atoms with Gasteiger partial charge in [-0.05, 0) is 24.3 Å². The quantitative estimate of drug-likeness (QED) is 0.675. The molecule has 4 rings (SSSR count). The molecular formula is C20H20ClN3O4S. The summed E-state index contributed by atoms with van der Waals surface area (Å²) in [5.41, 5.74) is 1.53. The Hall–Kier alpha value is -2.42. The largest absolute Gasteiger partial charge is 0.368 e. The SMILES string of the molecule is O=C1c2ccccc2C(=O)N1CCS(=O)(=O)N1CCN(c2ccccc2Cl)CC1. The molecule has 2 aliphatic heterocycles. The number of halogens is 1. The highest BCUT2D eigenvalue weighted by Crippen LogP contribution is 2.27. The number of nitrogens with zero attached hydrogens (tertiary/aromatic N) is 3. The van der Waals surface area contributed by atoms with E-state index in [1.165, 1.54) is 4.31 Å². The van der Waals surface area contributed by atoms with E-state index in [2.05, 4.69) is 4.90 Å². The van der Waals surface area contributed by atoms with Crippen molar-refractivity contribution in [2.75, 3.05) is 43.4 Å². The summed E-state index contributed by atoms with van der Waals surface area (Å²) in [4.78, 5) is 27.9. The fourth-order valence-electron chi connectivity index (χ4n) is 3.69. The van der Waals surface area contributed by atoms with Gasteiger partial charge in [0.2, 0.25) is 10.0 Å². The van der Waals surface area contributed by atoms with Crippen LogP contribution >= 0.6 is 11.6 Å². The third-order valence-corrected chi connectivity index (χ3v) is 7.45. The van der Waals surface area contributed by atoms with Crippen molar-refractivity contribution in [2.45, 2.75) is 0 Å². The maximum absolute atomic E-state index is 12.8. The minimum Gasteiger partial charge on any atom is -0.368 e. The van der Waals surface area contributed by atoms with Crippen LogP contribution in [0.4, 0.5) is 5.69 Å². The minimum atomic E-state index is -3.59. The molecule has 0 unspecified atom stereocenters. The van der Waals surface area contributed by atoms with Crippen LogP contribution in [-0.4, -0.2) is 67.9 Å². The summed E-state index contributed by atoms with van der Waals surface area (Å²) in [5, 5.41) is 0.634. The molecule has 2 aliphatic rings. The average Bonchev–Trinajstić information content (AvgIpc) is 2.97. The Morgan fingerprint density at radius 2 is 1.38 bits per heavy atom. The topological polar surface area (TPSA) is 78.0 Å². The van der Waals surface area contributed by atoms with Gasteiger partial charge >= 0.3 is 0 Å². The summed E-state index contributed by atoms with van der Waals surface area (Å²) in [6.07, 6.45) is 0. The summed E-state index contributed by atoms with van der Waals surface area (Å²) in [7, 11) is -3.59. The molecule has 1 saturated heterocycles. The van der Waals surface area contributed by atoms with Gasteiger partial charge in [0.1, 0.15) is 0 Å². The molecule has 9 heteroatoms. The van der Waals surface area contributed by atoms with Crippen LogP contribution in [0.15, 0.2) is 48.5 Å². The first-order valence-corrected chi connectivity index (χ1v) is 11.3. The van der Waals surface area contributed by atoms with Crippen LogP contribution in [0.3, 0.4) is 0 Å². The van der Waals surface area contributed by atoms with Gasteiger partial charge < -0.3 is 4.90 Å². The maximum Gasteiger partial charge on any atom is 0.261 e. The van der Waals surface area contributed by atoms with Gasteiger partial charge in [-0.2, -0.15) is 4.31 Å². The zero-order chi connectivity index (χ0) is 20.6. The molecule has 0 radical (unpaired) electrons. The molecule has 0 N–H and O–H groups in total. The smallest absolute Gasteiger partial charge is 0.261 e. The zero-order valence-electron chi connectivity index (χ0n) is 15.6. The lowest BCUT2D eigenvalue weighted by Crippen LogP contribution is -2.50. The summed E-state index contributed by atoms with van der Waals surface area (Å²) in [6.45, 7) is 1.55. The van der Waals surface area contributed by atoms with Gasteiger partial charge in [-0.3, -0.25) is 14.5 Å². The minimum absolute atomic E-state index is 0.153. The molecule has 2 aromatic carbocycles. The number of carbonyl (C=O) groups is 2. The van der Waals surface area contributed by atoms with E-state index in [4.69, 9.17) is 11.6 Å². The lowest BCUT2D eigenvalue weighted by molar-refractivity contribution is 0.0663. The van der Waals surface area contributed by atoms with Gasteiger partial charge in [-0.1, -0.05) is 35.9 Å². The molecule has 2 amide bonds. The molecule has 0 spiro atoms. The van der Waals surface area contributed by atoms with Crippen molar-refractivity contribution in [3.05, 3.63) is 64.7 Å². The highest BCUT2D eigenvalue weighted by molar-refractivity contribution is 7.89.